The summed E-state index contributed by atoms with van der Waals surface area (Å²) in [5, 5.41) is 3.19. The van der Waals surface area contributed by atoms with Gasteiger partial charge in [-0.05, 0) is 67.0 Å². The van der Waals surface area contributed by atoms with Crippen LogP contribution in [0.25, 0.3) is 0 Å². The maximum absolute atomic E-state index is 12.6. The van der Waals surface area contributed by atoms with Crippen LogP contribution in [-0.4, -0.2) is 12.5 Å². The summed E-state index contributed by atoms with van der Waals surface area (Å²) < 4.78 is 5.72. The molecule has 1 aliphatic carbocycles. The SMILES string of the molecule is CC(C)CCOc1ccc(C(=O)N[C@@H]2CCCc3ccccc32)cc1. The normalized spacial score (nSPS) is 16.4. The minimum atomic E-state index is -0.0181. The Morgan fingerprint density at radius 2 is 1.92 bits per heavy atom. The van der Waals surface area contributed by atoms with Gasteiger partial charge in [0, 0.05) is 5.56 Å². The summed E-state index contributed by atoms with van der Waals surface area (Å²) in [5.41, 5.74) is 3.29. The van der Waals surface area contributed by atoms with Gasteiger partial charge in [-0.3, -0.25) is 4.79 Å². The number of carbonyl (C=O) groups is 1. The minimum absolute atomic E-state index is 0.0181. The van der Waals surface area contributed by atoms with Gasteiger partial charge >= 0.3 is 0 Å². The van der Waals surface area contributed by atoms with E-state index in [0.717, 1.165) is 31.4 Å². The Labute approximate surface area is 150 Å². The second-order valence-corrected chi connectivity index (χ2v) is 7.17. The minimum Gasteiger partial charge on any atom is -0.494 e. The fraction of sp³-hybridized carbons (Fsp3) is 0.409. The molecule has 0 saturated heterocycles. The Kier molecular flexibility index (Phi) is 5.75. The van der Waals surface area contributed by atoms with Crippen LogP contribution in [0.4, 0.5) is 0 Å². The zero-order valence-corrected chi connectivity index (χ0v) is 15.1. The zero-order valence-electron chi connectivity index (χ0n) is 15.1. The van der Waals surface area contributed by atoms with Crippen LogP contribution in [0.2, 0.25) is 0 Å². The molecule has 2 aromatic carbocycles. The lowest BCUT2D eigenvalue weighted by Gasteiger charge is -2.26. The van der Waals surface area contributed by atoms with Crippen molar-refractivity contribution in [1.29, 1.82) is 0 Å². The van der Waals surface area contributed by atoms with Gasteiger partial charge in [0.15, 0.2) is 0 Å². The first kappa shape index (κ1) is 17.5. The summed E-state index contributed by atoms with van der Waals surface area (Å²) in [6, 6.07) is 16.0. The van der Waals surface area contributed by atoms with Crippen LogP contribution >= 0.6 is 0 Å². The van der Waals surface area contributed by atoms with Gasteiger partial charge in [0.25, 0.3) is 5.91 Å². The first-order chi connectivity index (χ1) is 12.1. The van der Waals surface area contributed by atoms with Crippen molar-refractivity contribution in [3.63, 3.8) is 0 Å². The Hall–Kier alpha value is -2.29. The monoisotopic (exact) mass is 337 g/mol. The van der Waals surface area contributed by atoms with E-state index in [9.17, 15) is 4.79 Å². The van der Waals surface area contributed by atoms with Crippen LogP contribution < -0.4 is 10.1 Å². The van der Waals surface area contributed by atoms with E-state index in [1.54, 1.807) is 0 Å². The smallest absolute Gasteiger partial charge is 0.251 e. The van der Waals surface area contributed by atoms with Gasteiger partial charge in [-0.1, -0.05) is 38.1 Å². The Bertz CT molecular complexity index is 706. The van der Waals surface area contributed by atoms with Crippen molar-refractivity contribution in [1.82, 2.24) is 5.32 Å². The molecule has 1 N–H and O–H groups in total. The molecule has 132 valence electrons. The van der Waals surface area contributed by atoms with Gasteiger partial charge in [-0.25, -0.2) is 0 Å². The van der Waals surface area contributed by atoms with Crippen molar-refractivity contribution >= 4 is 5.91 Å². The third kappa shape index (κ3) is 4.62. The molecule has 3 rings (SSSR count). The van der Waals surface area contributed by atoms with Crippen LogP contribution in [0, 0.1) is 5.92 Å². The number of hydrogen-bond donors (Lipinski definition) is 1. The lowest BCUT2D eigenvalue weighted by molar-refractivity contribution is 0.0932. The van der Waals surface area contributed by atoms with E-state index in [1.165, 1.54) is 11.1 Å². The maximum Gasteiger partial charge on any atom is 0.251 e. The summed E-state index contributed by atoms with van der Waals surface area (Å²) in [6.45, 7) is 5.07. The second-order valence-electron chi connectivity index (χ2n) is 7.17. The Morgan fingerprint density at radius 3 is 2.68 bits per heavy atom. The van der Waals surface area contributed by atoms with E-state index in [2.05, 4.69) is 37.4 Å². The third-order valence-corrected chi connectivity index (χ3v) is 4.76. The number of aryl methyl sites for hydroxylation is 1. The van der Waals surface area contributed by atoms with E-state index in [-0.39, 0.29) is 11.9 Å². The average Bonchev–Trinajstić information content (AvgIpc) is 2.62. The highest BCUT2D eigenvalue weighted by Gasteiger charge is 2.21. The van der Waals surface area contributed by atoms with Crippen LogP contribution in [0.15, 0.2) is 48.5 Å². The number of hydrogen-bond acceptors (Lipinski definition) is 2. The highest BCUT2D eigenvalue weighted by Crippen LogP contribution is 2.29. The zero-order chi connectivity index (χ0) is 17.6. The molecule has 1 aliphatic rings. The largest absolute Gasteiger partial charge is 0.494 e. The summed E-state index contributed by atoms with van der Waals surface area (Å²) >= 11 is 0. The topological polar surface area (TPSA) is 38.3 Å². The molecule has 1 amide bonds. The Balaban J connectivity index is 1.60. The molecule has 0 spiro atoms. The van der Waals surface area contributed by atoms with Crippen molar-refractivity contribution < 1.29 is 9.53 Å². The molecule has 0 radical (unpaired) electrons. The van der Waals surface area contributed by atoms with Gasteiger partial charge in [0.1, 0.15) is 5.75 Å². The quantitative estimate of drug-likeness (QED) is 0.812. The van der Waals surface area contributed by atoms with E-state index in [4.69, 9.17) is 4.74 Å². The maximum atomic E-state index is 12.6. The molecule has 0 bridgehead atoms. The summed E-state index contributed by atoms with van der Waals surface area (Å²) in [4.78, 5) is 12.6. The summed E-state index contributed by atoms with van der Waals surface area (Å²) in [6.07, 6.45) is 4.25. The number of ether oxygens (including phenoxy) is 1. The lowest BCUT2D eigenvalue weighted by atomic mass is 9.87. The lowest BCUT2D eigenvalue weighted by Crippen LogP contribution is -2.30. The highest BCUT2D eigenvalue weighted by atomic mass is 16.5. The van der Waals surface area contributed by atoms with Crippen molar-refractivity contribution in [2.24, 2.45) is 5.92 Å². The molecule has 1 atom stereocenters. The number of carbonyl (C=O) groups excluding carboxylic acids is 1. The number of amides is 1. The highest BCUT2D eigenvalue weighted by molar-refractivity contribution is 5.94. The van der Waals surface area contributed by atoms with E-state index < -0.39 is 0 Å². The standard InChI is InChI=1S/C22H27NO2/c1-16(2)14-15-25-19-12-10-18(11-13-19)22(24)23-21-9-5-7-17-6-3-4-8-20(17)21/h3-4,6,8,10-13,16,21H,5,7,9,14-15H2,1-2H3,(H,23,24)/t21-/m1/s1. The van der Waals surface area contributed by atoms with Gasteiger partial charge in [0.05, 0.1) is 12.6 Å². The van der Waals surface area contributed by atoms with Gasteiger partial charge < -0.3 is 10.1 Å². The molecule has 0 fully saturated rings. The van der Waals surface area contributed by atoms with Gasteiger partial charge in [-0.2, -0.15) is 0 Å². The molecule has 0 heterocycles. The molecular weight excluding hydrogens is 310 g/mol. The molecular formula is C22H27NO2. The predicted molar refractivity (Wildman–Crippen MR) is 101 cm³/mol. The molecule has 25 heavy (non-hydrogen) atoms. The van der Waals surface area contributed by atoms with Crippen molar-refractivity contribution in [3.8, 4) is 5.75 Å². The third-order valence-electron chi connectivity index (χ3n) is 4.76. The van der Waals surface area contributed by atoms with Crippen LogP contribution in [-0.2, 0) is 6.42 Å². The number of fused-ring (bicyclic) bond motifs is 1. The van der Waals surface area contributed by atoms with E-state index >= 15 is 0 Å². The van der Waals surface area contributed by atoms with Crippen LogP contribution in [0.3, 0.4) is 0 Å². The van der Waals surface area contributed by atoms with E-state index in [0.29, 0.717) is 18.1 Å². The van der Waals surface area contributed by atoms with E-state index in [1.807, 2.05) is 30.3 Å². The fourth-order valence-electron chi connectivity index (χ4n) is 3.26. The van der Waals surface area contributed by atoms with Crippen molar-refractivity contribution in [3.05, 3.63) is 65.2 Å². The van der Waals surface area contributed by atoms with Crippen molar-refractivity contribution in [2.45, 2.75) is 45.6 Å². The Morgan fingerprint density at radius 1 is 1.16 bits per heavy atom. The number of benzene rings is 2. The molecule has 0 aliphatic heterocycles. The molecule has 0 saturated carbocycles. The average molecular weight is 337 g/mol. The molecule has 3 heteroatoms. The molecule has 0 unspecified atom stereocenters. The molecule has 0 aromatic heterocycles. The first-order valence-electron chi connectivity index (χ1n) is 9.25. The summed E-state index contributed by atoms with van der Waals surface area (Å²) in [5.74, 6) is 1.43. The van der Waals surface area contributed by atoms with Gasteiger partial charge in [0.2, 0.25) is 0 Å². The summed E-state index contributed by atoms with van der Waals surface area (Å²) in [7, 11) is 0. The van der Waals surface area contributed by atoms with Gasteiger partial charge in [-0.15, -0.1) is 0 Å². The number of rotatable bonds is 6. The number of nitrogens with one attached hydrogen (secondary N) is 1. The van der Waals surface area contributed by atoms with Crippen LogP contribution in [0.5, 0.6) is 5.75 Å². The fourth-order valence-corrected chi connectivity index (χ4v) is 3.26. The first-order valence-corrected chi connectivity index (χ1v) is 9.25. The van der Waals surface area contributed by atoms with Crippen LogP contribution in [0.1, 0.15) is 60.6 Å². The molecule has 3 nitrogen and oxygen atoms in total. The second kappa shape index (κ2) is 8.19. The molecule has 2 aromatic rings. The predicted octanol–water partition coefficient (Wildman–Crippen LogP) is 4.92. The van der Waals surface area contributed by atoms with Crippen molar-refractivity contribution in [2.75, 3.05) is 6.61 Å².